The highest BCUT2D eigenvalue weighted by molar-refractivity contribution is 7.47. The van der Waals surface area contributed by atoms with Crippen molar-refractivity contribution in [3.05, 3.63) is 182 Å². The van der Waals surface area contributed by atoms with Crippen molar-refractivity contribution in [3.8, 4) is 0 Å². The Labute approximate surface area is 713 Å². The van der Waals surface area contributed by atoms with Gasteiger partial charge >= 0.3 is 33.6 Å². The molecule has 5 unspecified atom stereocenters. The van der Waals surface area contributed by atoms with Gasteiger partial charge in [-0.1, -0.05) is 370 Å². The molecule has 0 aromatic heterocycles. The Hall–Kier alpha value is -5.35. The topological polar surface area (TPSA) is 231 Å². The molecule has 117 heavy (non-hydrogen) atoms. The number of allylic oxidation sites excluding steroid dienone is 30. The van der Waals surface area contributed by atoms with Crippen molar-refractivity contribution in [2.75, 3.05) is 39.6 Å². The molecule has 0 rings (SSSR count). The normalized spacial score (nSPS) is 14.6. The summed E-state index contributed by atoms with van der Waals surface area (Å²) in [4.78, 5) is 59.0. The zero-order valence-corrected chi connectivity index (χ0v) is 75.4. The van der Waals surface area contributed by atoms with Gasteiger partial charge in [0.25, 0.3) is 0 Å². The Morgan fingerprint density at radius 1 is 0.248 bits per heavy atom. The summed E-state index contributed by atoms with van der Waals surface area (Å²) < 4.78 is 61.4. The summed E-state index contributed by atoms with van der Waals surface area (Å²) in [6.45, 7) is 2.40. The fraction of sp³-hybridized carbons (Fsp3) is 0.667. The van der Waals surface area contributed by atoms with Gasteiger partial charge in [-0.3, -0.25) is 32.5 Å². The van der Waals surface area contributed by atoms with Crippen molar-refractivity contribution in [2.45, 2.75) is 386 Å². The highest BCUT2D eigenvalue weighted by Gasteiger charge is 2.29. The van der Waals surface area contributed by atoms with Gasteiger partial charge in [0, 0.05) is 19.3 Å². The number of carbonyl (C=O) groups excluding carboxylic acids is 3. The lowest BCUT2D eigenvalue weighted by Gasteiger charge is -2.21. The van der Waals surface area contributed by atoms with E-state index in [2.05, 4.69) is 203 Å². The van der Waals surface area contributed by atoms with Crippen LogP contribution in [0.2, 0.25) is 0 Å². The van der Waals surface area contributed by atoms with E-state index in [-0.39, 0.29) is 19.3 Å². The molecular formula is C99H166O16P2. The van der Waals surface area contributed by atoms with Crippen LogP contribution in [0.15, 0.2) is 182 Å². The minimum atomic E-state index is -4.96. The predicted octanol–water partition coefficient (Wildman–Crippen LogP) is 28.4. The molecule has 0 spiro atoms. The molecule has 4 N–H and O–H groups in total. The van der Waals surface area contributed by atoms with Gasteiger partial charge in [0.1, 0.15) is 25.4 Å². The number of unbranched alkanes of at least 4 members (excludes halogenated alkanes) is 33. The predicted molar refractivity (Wildman–Crippen MR) is 491 cm³/mol. The van der Waals surface area contributed by atoms with E-state index in [1.807, 2.05) is 0 Å². The van der Waals surface area contributed by atoms with Gasteiger partial charge in [-0.05, 0) is 161 Å². The zero-order chi connectivity index (χ0) is 85.1. The number of aliphatic hydroxyl groups is 2. The SMILES string of the molecule is CC/C=C\C/C=C\C/C=C\C/C=C\C/C=C\C/C=C\CCCCC(=O)OC(COC(=O)CCCCCCCCCCC/C=C\C/C=C\C/C=C\C/C=C\CCCCC)COP(=O)(O)OCC(O)COP(=O)(O)OCC(O)COC(=O)CCCCCCCCCCCCCCCCCCCCC/C=C\C/C=C\C/C=C\C/C=C\C/C=C\CC. The Morgan fingerprint density at radius 2 is 0.453 bits per heavy atom. The number of aliphatic hydroxyl groups excluding tert-OH is 2. The highest BCUT2D eigenvalue weighted by Crippen LogP contribution is 2.45. The number of phosphoric acid groups is 2. The molecule has 0 aliphatic heterocycles. The van der Waals surface area contributed by atoms with Crippen molar-refractivity contribution in [3.63, 3.8) is 0 Å². The van der Waals surface area contributed by atoms with Crippen LogP contribution in [0.5, 0.6) is 0 Å². The second kappa shape index (κ2) is 89.9. The van der Waals surface area contributed by atoms with E-state index in [9.17, 15) is 43.5 Å². The molecule has 0 radical (unpaired) electrons. The third-order valence-corrected chi connectivity index (χ3v) is 21.0. The number of rotatable bonds is 86. The summed E-state index contributed by atoms with van der Waals surface area (Å²) in [7, 11) is -9.83. The summed E-state index contributed by atoms with van der Waals surface area (Å²) in [6, 6.07) is 0. The third kappa shape index (κ3) is 91.2. The van der Waals surface area contributed by atoms with Gasteiger partial charge in [-0.2, -0.15) is 0 Å². The first-order valence-electron chi connectivity index (χ1n) is 46.1. The maximum atomic E-state index is 13.0. The third-order valence-electron chi connectivity index (χ3n) is 19.1. The van der Waals surface area contributed by atoms with Crippen LogP contribution in [0.3, 0.4) is 0 Å². The Bertz CT molecular complexity index is 2860. The smallest absolute Gasteiger partial charge is 0.463 e. The Balaban J connectivity index is 4.56. The molecule has 0 saturated heterocycles. The Kier molecular flexibility index (Phi) is 85.8. The lowest BCUT2D eigenvalue weighted by molar-refractivity contribution is -0.161. The van der Waals surface area contributed by atoms with E-state index in [0.29, 0.717) is 25.7 Å². The zero-order valence-electron chi connectivity index (χ0n) is 73.6. The molecule has 0 aliphatic carbocycles. The van der Waals surface area contributed by atoms with E-state index in [1.54, 1.807) is 0 Å². The van der Waals surface area contributed by atoms with Crippen LogP contribution in [0, 0.1) is 0 Å². The van der Waals surface area contributed by atoms with E-state index in [1.165, 1.54) is 154 Å². The number of phosphoric ester groups is 2. The highest BCUT2D eigenvalue weighted by atomic mass is 31.2. The standard InChI is InChI=1S/C99H166O16P2/c1-4-7-10-13-16-19-22-25-28-31-34-37-39-41-42-43-44-45-46-47-48-49-50-52-54-56-58-61-64-67-70-73-76-79-82-85-97(102)109-88-94(100)89-111-116(105,106)112-90-95(101)91-113-117(107,108)114-93-96(115-99(104)87-84-81-78-75-72-69-66-63-60-55-36-33-30-27-24-21-18-15-12-9-6-3)92-110-98(103)86-83-80-77-74-71-68-65-62-59-57-53-51-40-38-35-32-29-26-23-20-17-14-11-8-5-2/h7,9-10,12,16-21,25-30,34-38,41-42,51,53,55,63,66,72,75,94-96,100-101H,4-6,8,11,13-15,22-24,31-33,39-40,43-50,52,54,56-62,64-65,67-71,73-74,76-93H2,1-3H3,(H,105,106)(H,107,108)/b10-7-,12-9-,19-16-,20-17-,21-18-,28-25-,29-26-,30-27-,37-34-,38-35-,42-41-,53-51-,55-36-,66-63-,75-72-. The van der Waals surface area contributed by atoms with Gasteiger partial charge in [0.15, 0.2) is 6.10 Å². The van der Waals surface area contributed by atoms with Crippen LogP contribution in [0.4, 0.5) is 0 Å². The average Bonchev–Trinajstić information content (AvgIpc) is 0.902. The summed E-state index contributed by atoms with van der Waals surface area (Å²) in [5, 5.41) is 20.7. The summed E-state index contributed by atoms with van der Waals surface area (Å²) >= 11 is 0. The van der Waals surface area contributed by atoms with E-state index in [4.69, 9.17) is 32.3 Å². The maximum Gasteiger partial charge on any atom is 0.472 e. The molecule has 0 aromatic carbocycles. The molecule has 16 nitrogen and oxygen atoms in total. The molecule has 0 heterocycles. The molecule has 5 atom stereocenters. The van der Waals surface area contributed by atoms with Crippen LogP contribution in [-0.2, 0) is 55.8 Å². The Morgan fingerprint density at radius 3 is 0.735 bits per heavy atom. The van der Waals surface area contributed by atoms with Crippen LogP contribution in [0.1, 0.15) is 367 Å². The fourth-order valence-corrected chi connectivity index (χ4v) is 13.8. The van der Waals surface area contributed by atoms with Crippen LogP contribution >= 0.6 is 15.6 Å². The first kappa shape index (κ1) is 112. The number of hydrogen-bond acceptors (Lipinski definition) is 14. The largest absolute Gasteiger partial charge is 0.472 e. The van der Waals surface area contributed by atoms with Crippen molar-refractivity contribution in [1.82, 2.24) is 0 Å². The first-order valence-corrected chi connectivity index (χ1v) is 49.1. The van der Waals surface area contributed by atoms with Gasteiger partial charge in [-0.15, -0.1) is 0 Å². The van der Waals surface area contributed by atoms with Crippen LogP contribution in [0.25, 0.3) is 0 Å². The second-order valence-electron chi connectivity index (χ2n) is 30.3. The summed E-state index contributed by atoms with van der Waals surface area (Å²) in [5.41, 5.74) is 0. The van der Waals surface area contributed by atoms with Crippen LogP contribution < -0.4 is 0 Å². The molecule has 0 fully saturated rings. The molecular weight excluding hydrogens is 1510 g/mol. The number of hydrogen-bond donors (Lipinski definition) is 4. The van der Waals surface area contributed by atoms with Crippen molar-refractivity contribution in [2.24, 2.45) is 0 Å². The van der Waals surface area contributed by atoms with Crippen molar-refractivity contribution < 1.29 is 75.8 Å². The maximum absolute atomic E-state index is 13.0. The van der Waals surface area contributed by atoms with Crippen molar-refractivity contribution >= 4 is 33.6 Å². The summed E-state index contributed by atoms with van der Waals surface area (Å²) in [5.74, 6) is -1.63. The fourth-order valence-electron chi connectivity index (χ4n) is 12.2. The lowest BCUT2D eigenvalue weighted by Crippen LogP contribution is -2.30. The van der Waals surface area contributed by atoms with Crippen LogP contribution in [-0.4, -0.2) is 95.9 Å². The molecule has 0 amide bonds. The van der Waals surface area contributed by atoms with Gasteiger partial charge in [-0.25, -0.2) is 9.13 Å². The van der Waals surface area contributed by atoms with E-state index >= 15 is 0 Å². The minimum absolute atomic E-state index is 0.0427. The van der Waals surface area contributed by atoms with E-state index < -0.39 is 91.5 Å². The second-order valence-corrected chi connectivity index (χ2v) is 33.2. The molecule has 0 aromatic rings. The minimum Gasteiger partial charge on any atom is -0.463 e. The molecule has 0 aliphatic rings. The number of carbonyl (C=O) groups is 3. The quantitative estimate of drug-likeness (QED) is 0.0146. The molecule has 668 valence electrons. The van der Waals surface area contributed by atoms with Crippen molar-refractivity contribution in [1.29, 1.82) is 0 Å². The lowest BCUT2D eigenvalue weighted by atomic mass is 10.0. The van der Waals surface area contributed by atoms with Gasteiger partial charge in [0.05, 0.1) is 26.4 Å². The summed E-state index contributed by atoms with van der Waals surface area (Å²) in [6.07, 6.45) is 118. The first-order chi connectivity index (χ1) is 57.2. The number of esters is 3. The molecule has 0 bridgehead atoms. The number of ether oxygens (including phenoxy) is 3. The molecule has 0 saturated carbocycles. The van der Waals surface area contributed by atoms with E-state index in [0.717, 1.165) is 148 Å². The molecule has 18 heteroatoms. The van der Waals surface area contributed by atoms with Gasteiger partial charge in [0.2, 0.25) is 0 Å². The average molecular weight is 1670 g/mol. The monoisotopic (exact) mass is 1670 g/mol. The van der Waals surface area contributed by atoms with Gasteiger partial charge < -0.3 is 34.2 Å².